The second kappa shape index (κ2) is 6.89. The van der Waals surface area contributed by atoms with Crippen LogP contribution in [-0.4, -0.2) is 39.8 Å². The van der Waals surface area contributed by atoms with Gasteiger partial charge in [0.25, 0.3) is 21.5 Å². The van der Waals surface area contributed by atoms with Crippen LogP contribution in [-0.2, 0) is 16.4 Å². The number of imidazole rings is 1. The summed E-state index contributed by atoms with van der Waals surface area (Å²) in [7, 11) is -4.50. The van der Waals surface area contributed by atoms with Crippen LogP contribution in [0.3, 0.4) is 0 Å². The molecule has 1 amide bonds. The molecule has 1 aliphatic rings. The van der Waals surface area contributed by atoms with E-state index in [4.69, 9.17) is 0 Å². The van der Waals surface area contributed by atoms with E-state index >= 15 is 0 Å². The van der Waals surface area contributed by atoms with Crippen molar-refractivity contribution in [3.63, 3.8) is 0 Å². The van der Waals surface area contributed by atoms with Crippen molar-refractivity contribution in [1.82, 2.24) is 19.1 Å². The maximum absolute atomic E-state index is 12.7. The summed E-state index contributed by atoms with van der Waals surface area (Å²) in [5, 5.41) is 9.24. The molecule has 11 heteroatoms. The van der Waals surface area contributed by atoms with Crippen LogP contribution in [0.4, 0.5) is 0 Å². The highest BCUT2D eigenvalue weighted by atomic mass is 32.2. The number of aromatic nitrogens is 3. The number of nitrogens with one attached hydrogen (secondary N) is 2. The summed E-state index contributed by atoms with van der Waals surface area (Å²) in [6, 6.07) is 12.4. The zero-order chi connectivity index (χ0) is 22.6. The van der Waals surface area contributed by atoms with Gasteiger partial charge in [0.1, 0.15) is 10.6 Å². The number of nitrogens with zero attached hydrogens (tertiary/aromatic N) is 2. The van der Waals surface area contributed by atoms with Gasteiger partial charge >= 0.3 is 5.97 Å². The second-order valence-electron chi connectivity index (χ2n) is 7.17. The molecule has 32 heavy (non-hydrogen) atoms. The number of aromatic amines is 1. The number of carbonyl (C=O) groups excluding carboxylic acids is 1. The third-order valence-electron chi connectivity index (χ3n) is 5.24. The number of fused-ring (bicyclic) bond motifs is 5. The fourth-order valence-electron chi connectivity index (χ4n) is 3.82. The first-order chi connectivity index (χ1) is 15.3. The Balaban J connectivity index is 1.55. The molecule has 160 valence electrons. The molecule has 0 aliphatic heterocycles. The molecule has 0 atom stereocenters. The predicted molar refractivity (Wildman–Crippen MR) is 112 cm³/mol. The van der Waals surface area contributed by atoms with E-state index in [1.165, 1.54) is 22.7 Å². The van der Waals surface area contributed by atoms with E-state index in [-0.39, 0.29) is 11.3 Å². The van der Waals surface area contributed by atoms with Gasteiger partial charge in [0, 0.05) is 18.2 Å². The Kier molecular flexibility index (Phi) is 4.24. The number of sulfonamides is 1. The number of hydrogen-bond donors (Lipinski definition) is 3. The molecule has 5 rings (SSSR count). The molecule has 0 unspecified atom stereocenters. The minimum Gasteiger partial charge on any atom is -0.478 e. The topological polar surface area (TPSA) is 151 Å². The number of benzene rings is 2. The minimum atomic E-state index is -4.50. The van der Waals surface area contributed by atoms with Crippen LogP contribution < -0.4 is 10.3 Å². The van der Waals surface area contributed by atoms with E-state index in [0.717, 1.165) is 23.3 Å². The first-order valence-electron chi connectivity index (χ1n) is 9.38. The first kappa shape index (κ1) is 19.7. The molecule has 0 saturated carbocycles. The smallest absolute Gasteiger partial charge is 0.337 e. The molecule has 0 spiro atoms. The molecule has 2 aromatic carbocycles. The summed E-state index contributed by atoms with van der Waals surface area (Å²) in [5.74, 6) is -2.54. The van der Waals surface area contributed by atoms with Crippen LogP contribution in [0.1, 0.15) is 32.1 Å². The molecule has 10 nitrogen and oxygen atoms in total. The summed E-state index contributed by atoms with van der Waals surface area (Å²) < 4.78 is 28.6. The number of amides is 1. The van der Waals surface area contributed by atoms with Gasteiger partial charge in [-0.05, 0) is 17.7 Å². The number of hydrogen-bond acceptors (Lipinski definition) is 6. The third-order valence-corrected chi connectivity index (χ3v) is 6.63. The van der Waals surface area contributed by atoms with Crippen molar-refractivity contribution in [2.75, 3.05) is 0 Å². The summed E-state index contributed by atoms with van der Waals surface area (Å²) in [6.45, 7) is 0. The second-order valence-corrected chi connectivity index (χ2v) is 8.82. The quantitative estimate of drug-likeness (QED) is 0.374. The van der Waals surface area contributed by atoms with E-state index in [1.54, 1.807) is 0 Å². The van der Waals surface area contributed by atoms with Gasteiger partial charge in [0.15, 0.2) is 0 Å². The maximum atomic E-state index is 12.7. The van der Waals surface area contributed by atoms with Gasteiger partial charge in [-0.25, -0.2) is 22.9 Å². The van der Waals surface area contributed by atoms with Crippen LogP contribution in [0.15, 0.2) is 64.4 Å². The fraction of sp³-hybridized carbons (Fsp3) is 0.0476. The van der Waals surface area contributed by atoms with Crippen molar-refractivity contribution in [3.05, 3.63) is 87.6 Å². The molecule has 0 fully saturated rings. The molecule has 2 heterocycles. The van der Waals surface area contributed by atoms with Crippen molar-refractivity contribution in [2.45, 2.75) is 11.3 Å². The highest BCUT2D eigenvalue weighted by Gasteiger charge is 2.28. The number of H-pyrrole nitrogens is 1. The van der Waals surface area contributed by atoms with Crippen LogP contribution >= 0.6 is 0 Å². The van der Waals surface area contributed by atoms with Gasteiger partial charge in [0.2, 0.25) is 5.65 Å². The number of aromatic carboxylic acids is 1. The summed E-state index contributed by atoms with van der Waals surface area (Å²) in [6.07, 6.45) is 1.80. The van der Waals surface area contributed by atoms with E-state index in [2.05, 4.69) is 9.97 Å². The van der Waals surface area contributed by atoms with Crippen molar-refractivity contribution < 1.29 is 23.1 Å². The van der Waals surface area contributed by atoms with Gasteiger partial charge in [0.05, 0.1) is 17.0 Å². The minimum absolute atomic E-state index is 0.0509. The Bertz CT molecular complexity index is 1620. The normalized spacial score (nSPS) is 12.4. The molecule has 0 radical (unpaired) electrons. The highest BCUT2D eigenvalue weighted by Crippen LogP contribution is 2.34. The lowest BCUT2D eigenvalue weighted by Gasteiger charge is -2.08. The maximum Gasteiger partial charge on any atom is 0.337 e. The number of carbonyl (C=O) groups is 2. The largest absolute Gasteiger partial charge is 0.478 e. The zero-order valence-corrected chi connectivity index (χ0v) is 17.0. The van der Waals surface area contributed by atoms with Crippen LogP contribution in [0.25, 0.3) is 16.9 Å². The van der Waals surface area contributed by atoms with Crippen LogP contribution in [0.5, 0.6) is 0 Å². The molecular weight excluding hydrogens is 436 g/mol. The average Bonchev–Trinajstić information content (AvgIpc) is 3.36. The number of carboxylic acid groups (broad SMARTS) is 1. The highest BCUT2D eigenvalue weighted by molar-refractivity contribution is 7.90. The van der Waals surface area contributed by atoms with Gasteiger partial charge in [-0.2, -0.15) is 0 Å². The predicted octanol–water partition coefficient (Wildman–Crippen LogP) is 1.41. The zero-order valence-electron chi connectivity index (χ0n) is 16.2. The Labute approximate surface area is 180 Å². The Morgan fingerprint density at radius 1 is 1.09 bits per heavy atom. The van der Waals surface area contributed by atoms with E-state index in [1.807, 2.05) is 29.0 Å². The molecule has 3 N–H and O–H groups in total. The van der Waals surface area contributed by atoms with Gasteiger partial charge in [-0.1, -0.05) is 36.4 Å². The van der Waals surface area contributed by atoms with Crippen LogP contribution in [0.2, 0.25) is 0 Å². The summed E-state index contributed by atoms with van der Waals surface area (Å²) >= 11 is 0. The number of carboxylic acids is 1. The first-order valence-corrected chi connectivity index (χ1v) is 10.9. The SMILES string of the molecule is O=C(NS(=O)(=O)c1ccccc1C(=O)O)c1cn2c3c([nH]c(=O)c2n1)-c1ccccc1C3. The fourth-order valence-corrected chi connectivity index (χ4v) is 4.98. The lowest BCUT2D eigenvalue weighted by atomic mass is 10.1. The standard InChI is InChI=1S/C21H14N4O6S/c26-19(24-32(30,31)16-8-4-3-7-13(16)21(28)29)14-10-25-15-9-11-5-1-2-6-12(11)17(15)23-20(27)18(25)22-14/h1-8,10H,9H2,(H,23,27)(H,24,26)(H,28,29). The number of rotatable bonds is 4. The van der Waals surface area contributed by atoms with E-state index < -0.39 is 37.9 Å². The van der Waals surface area contributed by atoms with Crippen molar-refractivity contribution in [1.29, 1.82) is 0 Å². The van der Waals surface area contributed by atoms with E-state index in [0.29, 0.717) is 17.8 Å². The van der Waals surface area contributed by atoms with Crippen LogP contribution in [0, 0.1) is 0 Å². The van der Waals surface area contributed by atoms with Crippen molar-refractivity contribution in [3.8, 4) is 11.3 Å². The molecule has 0 bridgehead atoms. The lowest BCUT2D eigenvalue weighted by molar-refractivity contribution is 0.0692. The van der Waals surface area contributed by atoms with E-state index in [9.17, 15) is 27.9 Å². The molecular formula is C21H14N4O6S. The Hall–Kier alpha value is -4.25. The Morgan fingerprint density at radius 2 is 1.81 bits per heavy atom. The monoisotopic (exact) mass is 450 g/mol. The summed E-state index contributed by atoms with van der Waals surface area (Å²) in [4.78, 5) is 42.8. The van der Waals surface area contributed by atoms with Gasteiger partial charge < -0.3 is 10.1 Å². The lowest BCUT2D eigenvalue weighted by Crippen LogP contribution is -2.32. The summed E-state index contributed by atoms with van der Waals surface area (Å²) in [5.41, 5.74) is 1.85. The molecule has 4 aromatic rings. The van der Waals surface area contributed by atoms with Crippen molar-refractivity contribution in [2.24, 2.45) is 0 Å². The molecule has 1 aliphatic carbocycles. The Morgan fingerprint density at radius 3 is 2.59 bits per heavy atom. The third kappa shape index (κ3) is 2.98. The average molecular weight is 450 g/mol. The molecule has 2 aromatic heterocycles. The molecule has 0 saturated heterocycles. The van der Waals surface area contributed by atoms with Gasteiger partial charge in [-0.3, -0.25) is 14.0 Å². The van der Waals surface area contributed by atoms with Crippen molar-refractivity contribution >= 4 is 27.5 Å². The van der Waals surface area contributed by atoms with Gasteiger partial charge in [-0.15, -0.1) is 0 Å².